The van der Waals surface area contributed by atoms with E-state index in [9.17, 15) is 14.0 Å². The first-order chi connectivity index (χ1) is 12.0. The van der Waals surface area contributed by atoms with Gasteiger partial charge in [-0.05, 0) is 36.4 Å². The minimum absolute atomic E-state index is 0.233. The lowest BCUT2D eigenvalue weighted by atomic mass is 10.2. The van der Waals surface area contributed by atoms with Crippen LogP contribution < -0.4 is 15.4 Å². The van der Waals surface area contributed by atoms with Gasteiger partial charge in [-0.15, -0.1) is 0 Å². The van der Waals surface area contributed by atoms with Crippen LogP contribution in [0.15, 0.2) is 42.5 Å². The number of carbonyl (C=O) groups excluding carboxylic acids is 2. The van der Waals surface area contributed by atoms with Gasteiger partial charge in [0.25, 0.3) is 5.91 Å². The zero-order valence-electron chi connectivity index (χ0n) is 13.6. The van der Waals surface area contributed by atoms with Crippen LogP contribution in [0.25, 0.3) is 10.9 Å². The third-order valence-electron chi connectivity index (χ3n) is 3.62. The molecule has 1 heterocycles. The number of benzene rings is 2. The zero-order valence-corrected chi connectivity index (χ0v) is 13.6. The Hall–Kier alpha value is -3.35. The first-order valence-electron chi connectivity index (χ1n) is 7.52. The highest BCUT2D eigenvalue weighted by Crippen LogP contribution is 2.28. The first-order valence-corrected chi connectivity index (χ1v) is 7.52. The Morgan fingerprint density at radius 2 is 1.92 bits per heavy atom. The molecule has 0 atom stereocenters. The largest absolute Gasteiger partial charge is 0.495 e. The molecule has 7 heteroatoms. The van der Waals surface area contributed by atoms with Crippen LogP contribution in [-0.2, 0) is 4.79 Å². The van der Waals surface area contributed by atoms with E-state index in [0.717, 1.165) is 0 Å². The summed E-state index contributed by atoms with van der Waals surface area (Å²) in [5.74, 6) is -0.603. The fourth-order valence-electron chi connectivity index (χ4n) is 2.51. The number of carbonyl (C=O) groups is 2. The molecule has 2 amide bonds. The summed E-state index contributed by atoms with van der Waals surface area (Å²) < 4.78 is 18.9. The van der Waals surface area contributed by atoms with E-state index >= 15 is 0 Å². The van der Waals surface area contributed by atoms with Gasteiger partial charge in [0, 0.05) is 23.5 Å². The summed E-state index contributed by atoms with van der Waals surface area (Å²) in [4.78, 5) is 26.6. The molecule has 0 saturated heterocycles. The Kier molecular flexibility index (Phi) is 4.38. The minimum Gasteiger partial charge on any atom is -0.495 e. The van der Waals surface area contributed by atoms with Gasteiger partial charge < -0.3 is 20.4 Å². The van der Waals surface area contributed by atoms with Crippen LogP contribution in [0.4, 0.5) is 15.8 Å². The second-order valence-electron chi connectivity index (χ2n) is 5.43. The molecule has 0 radical (unpaired) electrons. The Morgan fingerprint density at radius 3 is 2.60 bits per heavy atom. The maximum Gasteiger partial charge on any atom is 0.272 e. The van der Waals surface area contributed by atoms with Crippen molar-refractivity contribution in [1.29, 1.82) is 0 Å². The second kappa shape index (κ2) is 6.64. The second-order valence-corrected chi connectivity index (χ2v) is 5.43. The van der Waals surface area contributed by atoms with Crippen molar-refractivity contribution in [3.05, 3.63) is 54.0 Å². The molecule has 3 aromatic rings. The van der Waals surface area contributed by atoms with E-state index in [1.807, 2.05) is 0 Å². The van der Waals surface area contributed by atoms with Gasteiger partial charge in [-0.25, -0.2) is 4.39 Å². The van der Waals surface area contributed by atoms with E-state index in [1.165, 1.54) is 26.2 Å². The number of aromatic nitrogens is 1. The van der Waals surface area contributed by atoms with Gasteiger partial charge >= 0.3 is 0 Å². The van der Waals surface area contributed by atoms with Gasteiger partial charge in [-0.1, -0.05) is 6.07 Å². The van der Waals surface area contributed by atoms with Crippen LogP contribution in [0.5, 0.6) is 5.75 Å². The van der Waals surface area contributed by atoms with Crippen LogP contribution in [-0.4, -0.2) is 23.9 Å². The van der Waals surface area contributed by atoms with Crippen LogP contribution in [0.3, 0.4) is 0 Å². The number of fused-ring (bicyclic) bond motifs is 1. The quantitative estimate of drug-likeness (QED) is 0.679. The molecular weight excluding hydrogens is 325 g/mol. The van der Waals surface area contributed by atoms with Crippen molar-refractivity contribution < 1.29 is 18.7 Å². The topological polar surface area (TPSA) is 83.2 Å². The van der Waals surface area contributed by atoms with Crippen molar-refractivity contribution in [3.63, 3.8) is 0 Å². The van der Waals surface area contributed by atoms with E-state index in [0.29, 0.717) is 28.0 Å². The molecule has 3 rings (SSSR count). The Labute approximate surface area is 143 Å². The summed E-state index contributed by atoms with van der Waals surface area (Å²) >= 11 is 0. The summed E-state index contributed by atoms with van der Waals surface area (Å²) in [5, 5.41) is 5.69. The number of hydrogen-bond donors (Lipinski definition) is 3. The normalized spacial score (nSPS) is 10.5. The average Bonchev–Trinajstić information content (AvgIpc) is 3.00. The van der Waals surface area contributed by atoms with Gasteiger partial charge in [-0.2, -0.15) is 0 Å². The smallest absolute Gasteiger partial charge is 0.272 e. The van der Waals surface area contributed by atoms with Crippen molar-refractivity contribution in [1.82, 2.24) is 4.98 Å². The number of nitrogens with one attached hydrogen (secondary N) is 3. The number of H-pyrrole nitrogens is 1. The van der Waals surface area contributed by atoms with Gasteiger partial charge in [-0.3, -0.25) is 9.59 Å². The number of methoxy groups -OCH3 is 1. The van der Waals surface area contributed by atoms with Gasteiger partial charge in [0.2, 0.25) is 5.91 Å². The number of rotatable bonds is 4. The average molecular weight is 341 g/mol. The Morgan fingerprint density at radius 1 is 1.12 bits per heavy atom. The summed E-state index contributed by atoms with van der Waals surface area (Å²) in [6.45, 7) is 1.38. The molecule has 25 heavy (non-hydrogen) atoms. The molecule has 0 aliphatic heterocycles. The zero-order chi connectivity index (χ0) is 18.0. The summed E-state index contributed by atoms with van der Waals surface area (Å²) in [7, 11) is 1.48. The molecule has 0 bridgehead atoms. The SMILES string of the molecule is COc1ccc(NC(=O)c2cc3c(F)cccc3[nH]2)cc1NC(C)=O. The van der Waals surface area contributed by atoms with Crippen LogP contribution in [0.1, 0.15) is 17.4 Å². The highest BCUT2D eigenvalue weighted by atomic mass is 19.1. The van der Waals surface area contributed by atoms with E-state index in [-0.39, 0.29) is 11.6 Å². The van der Waals surface area contributed by atoms with Crippen LogP contribution in [0, 0.1) is 5.82 Å². The fourth-order valence-corrected chi connectivity index (χ4v) is 2.51. The van der Waals surface area contributed by atoms with Gasteiger partial charge in [0.05, 0.1) is 12.8 Å². The molecule has 128 valence electrons. The molecule has 1 aromatic heterocycles. The summed E-state index contributed by atoms with van der Waals surface area (Å²) in [5.41, 5.74) is 1.68. The van der Waals surface area contributed by atoms with E-state index in [4.69, 9.17) is 4.74 Å². The number of hydrogen-bond acceptors (Lipinski definition) is 3. The van der Waals surface area contributed by atoms with Crippen LogP contribution in [0.2, 0.25) is 0 Å². The summed E-state index contributed by atoms with van der Waals surface area (Å²) in [6.07, 6.45) is 0. The number of amides is 2. The van der Waals surface area contributed by atoms with Gasteiger partial charge in [0.1, 0.15) is 17.3 Å². The van der Waals surface area contributed by atoms with E-state index in [2.05, 4.69) is 15.6 Å². The highest BCUT2D eigenvalue weighted by molar-refractivity contribution is 6.06. The Bertz CT molecular complexity index is 965. The maximum absolute atomic E-state index is 13.7. The predicted octanol–water partition coefficient (Wildman–Crippen LogP) is 3.53. The fraction of sp³-hybridized carbons (Fsp3) is 0.111. The predicted molar refractivity (Wildman–Crippen MR) is 93.5 cm³/mol. The minimum atomic E-state index is -0.422. The van der Waals surface area contributed by atoms with E-state index < -0.39 is 11.7 Å². The molecule has 0 unspecified atom stereocenters. The van der Waals surface area contributed by atoms with Crippen LogP contribution >= 0.6 is 0 Å². The molecule has 0 fully saturated rings. The standard InChI is InChI=1S/C18H16FN3O3/c1-10(23)20-15-8-11(6-7-17(15)25-2)21-18(24)16-9-12-13(19)4-3-5-14(12)22-16/h3-9,22H,1-2H3,(H,20,23)(H,21,24). The first kappa shape index (κ1) is 16.5. The molecule has 2 aromatic carbocycles. The van der Waals surface area contributed by atoms with Crippen molar-refractivity contribution >= 4 is 34.1 Å². The molecule has 0 saturated carbocycles. The highest BCUT2D eigenvalue weighted by Gasteiger charge is 2.13. The molecule has 6 nitrogen and oxygen atoms in total. The lowest BCUT2D eigenvalue weighted by Crippen LogP contribution is -2.13. The lowest BCUT2D eigenvalue weighted by Gasteiger charge is -2.11. The number of anilines is 2. The molecule has 0 aliphatic rings. The monoisotopic (exact) mass is 341 g/mol. The molecule has 0 aliphatic carbocycles. The van der Waals surface area contributed by atoms with Crippen molar-refractivity contribution in [2.24, 2.45) is 0 Å². The summed E-state index contributed by atoms with van der Waals surface area (Å²) in [6, 6.07) is 10.9. The lowest BCUT2D eigenvalue weighted by molar-refractivity contribution is -0.114. The van der Waals surface area contributed by atoms with Crippen molar-refractivity contribution in [2.45, 2.75) is 6.92 Å². The number of ether oxygens (including phenoxy) is 1. The van der Waals surface area contributed by atoms with E-state index in [1.54, 1.807) is 30.3 Å². The molecule has 3 N–H and O–H groups in total. The van der Waals surface area contributed by atoms with Crippen molar-refractivity contribution in [2.75, 3.05) is 17.7 Å². The number of halogens is 1. The maximum atomic E-state index is 13.7. The third kappa shape index (κ3) is 3.45. The van der Waals surface area contributed by atoms with Gasteiger partial charge in [0.15, 0.2) is 0 Å². The number of aromatic amines is 1. The van der Waals surface area contributed by atoms with Crippen molar-refractivity contribution in [3.8, 4) is 5.75 Å². The Balaban J connectivity index is 1.86. The molecule has 0 spiro atoms. The molecular formula is C18H16FN3O3. The third-order valence-corrected chi connectivity index (χ3v) is 3.62.